The van der Waals surface area contributed by atoms with Gasteiger partial charge in [0.15, 0.2) is 0 Å². The number of piperidine rings is 1. The maximum atomic E-state index is 12.3. The van der Waals surface area contributed by atoms with Crippen LogP contribution in [-0.2, 0) is 4.79 Å². The highest BCUT2D eigenvalue weighted by Crippen LogP contribution is 2.36. The maximum Gasteiger partial charge on any atom is 0.391 e. The number of carbonyl (C=O) groups is 1. The maximum absolute atomic E-state index is 12.3. The van der Waals surface area contributed by atoms with Crippen LogP contribution in [0.3, 0.4) is 0 Å². The van der Waals surface area contributed by atoms with Crippen LogP contribution >= 0.6 is 0 Å². The molecule has 2 atom stereocenters. The van der Waals surface area contributed by atoms with Gasteiger partial charge in [-0.2, -0.15) is 13.2 Å². The minimum Gasteiger partial charge on any atom is -0.340 e. The molecule has 14 heavy (non-hydrogen) atoms. The average molecular weight is 209 g/mol. The van der Waals surface area contributed by atoms with Gasteiger partial charge < -0.3 is 4.90 Å². The molecule has 1 fully saturated rings. The molecule has 0 radical (unpaired) electrons. The fourth-order valence-corrected chi connectivity index (χ4v) is 1.94. The van der Waals surface area contributed by atoms with E-state index in [0.29, 0.717) is 0 Å². The Morgan fingerprint density at radius 2 is 2.00 bits per heavy atom. The predicted molar refractivity (Wildman–Crippen MR) is 45.6 cm³/mol. The van der Waals surface area contributed by atoms with Crippen LogP contribution in [-0.4, -0.2) is 29.6 Å². The van der Waals surface area contributed by atoms with Crippen LogP contribution < -0.4 is 0 Å². The quantitative estimate of drug-likeness (QED) is 0.599. The number of amides is 1. The van der Waals surface area contributed by atoms with Gasteiger partial charge in [-0.25, -0.2) is 0 Å². The Balaban J connectivity index is 2.60. The number of nitrogens with zero attached hydrogens (tertiary/aromatic N) is 1. The molecule has 0 aromatic carbocycles. The van der Waals surface area contributed by atoms with Crippen molar-refractivity contribution >= 4 is 5.91 Å². The number of hydrogen-bond acceptors (Lipinski definition) is 1. The second-order valence-electron chi connectivity index (χ2n) is 3.82. The number of rotatable bonds is 0. The number of alkyl halides is 3. The van der Waals surface area contributed by atoms with Crippen molar-refractivity contribution in [1.29, 1.82) is 0 Å². The Labute approximate surface area is 81.1 Å². The summed E-state index contributed by atoms with van der Waals surface area (Å²) in [7, 11) is 0. The van der Waals surface area contributed by atoms with E-state index < -0.39 is 12.1 Å². The second-order valence-corrected chi connectivity index (χ2v) is 3.82. The van der Waals surface area contributed by atoms with E-state index >= 15 is 0 Å². The molecular weight excluding hydrogens is 195 g/mol. The first-order valence-corrected chi connectivity index (χ1v) is 4.66. The van der Waals surface area contributed by atoms with Gasteiger partial charge in [-0.3, -0.25) is 4.79 Å². The Morgan fingerprint density at radius 3 is 2.36 bits per heavy atom. The van der Waals surface area contributed by atoms with Gasteiger partial charge in [0.2, 0.25) is 5.91 Å². The lowest BCUT2D eigenvalue weighted by Crippen LogP contribution is -2.46. The second kappa shape index (κ2) is 3.79. The highest BCUT2D eigenvalue weighted by Gasteiger charge is 2.43. The fraction of sp³-hybridized carbons (Fsp3) is 0.889. The minimum atomic E-state index is -4.11. The molecule has 1 rings (SSSR count). The third-order valence-electron chi connectivity index (χ3n) is 2.74. The topological polar surface area (TPSA) is 20.3 Å². The van der Waals surface area contributed by atoms with Gasteiger partial charge in [0.05, 0.1) is 5.92 Å². The molecule has 0 aromatic heterocycles. The van der Waals surface area contributed by atoms with Crippen molar-refractivity contribution in [3.8, 4) is 0 Å². The molecule has 1 aliphatic heterocycles. The van der Waals surface area contributed by atoms with Crippen LogP contribution in [0, 0.1) is 5.92 Å². The first-order valence-electron chi connectivity index (χ1n) is 4.66. The molecule has 2 nitrogen and oxygen atoms in total. The largest absolute Gasteiger partial charge is 0.391 e. The van der Waals surface area contributed by atoms with E-state index in [0.717, 1.165) is 0 Å². The molecule has 0 aliphatic carbocycles. The zero-order valence-electron chi connectivity index (χ0n) is 8.27. The van der Waals surface area contributed by atoms with Crippen LogP contribution in [0.15, 0.2) is 0 Å². The van der Waals surface area contributed by atoms with Crippen molar-refractivity contribution in [3.63, 3.8) is 0 Å². The monoisotopic (exact) mass is 209 g/mol. The van der Waals surface area contributed by atoms with Gasteiger partial charge in [0, 0.05) is 19.5 Å². The van der Waals surface area contributed by atoms with E-state index in [4.69, 9.17) is 0 Å². The summed E-state index contributed by atoms with van der Waals surface area (Å²) in [5, 5.41) is 0. The standard InChI is InChI=1S/C9H14F3NO/c1-6-5-8(9(10,11)12)3-4-13(6)7(2)14/h6,8H,3-5H2,1-2H3/t6?,8-/m1/s1. The average Bonchev–Trinajstić information content (AvgIpc) is 2.01. The summed E-state index contributed by atoms with van der Waals surface area (Å²) in [6.45, 7) is 3.28. The van der Waals surface area contributed by atoms with Crippen molar-refractivity contribution < 1.29 is 18.0 Å². The summed E-state index contributed by atoms with van der Waals surface area (Å²) in [5.74, 6) is -1.38. The smallest absolute Gasteiger partial charge is 0.340 e. The van der Waals surface area contributed by atoms with Gasteiger partial charge in [-0.05, 0) is 19.8 Å². The highest BCUT2D eigenvalue weighted by atomic mass is 19.4. The number of hydrogen-bond donors (Lipinski definition) is 0. The van der Waals surface area contributed by atoms with Crippen molar-refractivity contribution in [2.75, 3.05) is 6.54 Å². The molecule has 0 bridgehead atoms. The first kappa shape index (κ1) is 11.3. The zero-order valence-corrected chi connectivity index (χ0v) is 8.27. The number of carbonyl (C=O) groups excluding carboxylic acids is 1. The Morgan fingerprint density at radius 1 is 1.43 bits per heavy atom. The molecule has 0 aromatic rings. The van der Waals surface area contributed by atoms with E-state index in [1.165, 1.54) is 11.8 Å². The third kappa shape index (κ3) is 2.39. The summed E-state index contributed by atoms with van der Waals surface area (Å²) in [4.78, 5) is 12.5. The van der Waals surface area contributed by atoms with Crippen LogP contribution in [0.25, 0.3) is 0 Å². The lowest BCUT2D eigenvalue weighted by molar-refractivity contribution is -0.190. The molecule has 82 valence electrons. The molecule has 1 unspecified atom stereocenters. The highest BCUT2D eigenvalue weighted by molar-refractivity contribution is 5.73. The van der Waals surface area contributed by atoms with E-state index in [9.17, 15) is 18.0 Å². The molecule has 1 saturated heterocycles. The molecule has 1 heterocycles. The molecule has 1 aliphatic rings. The summed E-state index contributed by atoms with van der Waals surface area (Å²) in [5.41, 5.74) is 0. The summed E-state index contributed by atoms with van der Waals surface area (Å²) in [6, 6.07) is -0.298. The van der Waals surface area contributed by atoms with Crippen LogP contribution in [0.2, 0.25) is 0 Å². The van der Waals surface area contributed by atoms with E-state index in [2.05, 4.69) is 0 Å². The summed E-state index contributed by atoms with van der Waals surface area (Å²) >= 11 is 0. The number of likely N-dealkylation sites (tertiary alicyclic amines) is 1. The van der Waals surface area contributed by atoms with Crippen molar-refractivity contribution in [2.24, 2.45) is 5.92 Å². The van der Waals surface area contributed by atoms with Crippen LogP contribution in [0.4, 0.5) is 13.2 Å². The van der Waals surface area contributed by atoms with Gasteiger partial charge in [0.1, 0.15) is 0 Å². The minimum absolute atomic E-state index is 0.0308. The van der Waals surface area contributed by atoms with E-state index in [1.54, 1.807) is 6.92 Å². The Bertz CT molecular complexity index is 227. The molecular formula is C9H14F3NO. The molecule has 0 spiro atoms. The Hall–Kier alpha value is -0.740. The van der Waals surface area contributed by atoms with Crippen molar-refractivity contribution in [1.82, 2.24) is 4.90 Å². The SMILES string of the molecule is CC(=O)N1CC[C@@H](C(F)(F)F)CC1C. The molecule has 0 saturated carbocycles. The third-order valence-corrected chi connectivity index (χ3v) is 2.74. The fourth-order valence-electron chi connectivity index (χ4n) is 1.94. The van der Waals surface area contributed by atoms with Crippen LogP contribution in [0.1, 0.15) is 26.7 Å². The zero-order chi connectivity index (χ0) is 10.9. The molecule has 1 amide bonds. The van der Waals surface area contributed by atoms with E-state index in [1.807, 2.05) is 0 Å². The molecule has 5 heteroatoms. The normalized spacial score (nSPS) is 29.1. The predicted octanol–water partition coefficient (Wildman–Crippen LogP) is 2.20. The van der Waals surface area contributed by atoms with E-state index in [-0.39, 0.29) is 31.3 Å². The Kier molecular flexibility index (Phi) is 3.07. The molecule has 0 N–H and O–H groups in total. The lowest BCUT2D eigenvalue weighted by atomic mass is 9.91. The van der Waals surface area contributed by atoms with Gasteiger partial charge in [0.25, 0.3) is 0 Å². The van der Waals surface area contributed by atoms with Crippen LogP contribution in [0.5, 0.6) is 0 Å². The van der Waals surface area contributed by atoms with Crippen molar-refractivity contribution in [3.05, 3.63) is 0 Å². The van der Waals surface area contributed by atoms with Gasteiger partial charge in [-0.1, -0.05) is 0 Å². The van der Waals surface area contributed by atoms with Gasteiger partial charge >= 0.3 is 6.18 Å². The van der Waals surface area contributed by atoms with Gasteiger partial charge in [-0.15, -0.1) is 0 Å². The van der Waals surface area contributed by atoms with Crippen molar-refractivity contribution in [2.45, 2.75) is 38.9 Å². The lowest BCUT2D eigenvalue weighted by Gasteiger charge is -2.37. The summed E-state index contributed by atoms with van der Waals surface area (Å²) < 4.78 is 37.0. The summed E-state index contributed by atoms with van der Waals surface area (Å²) in [6.07, 6.45) is -4.05. The first-order chi connectivity index (χ1) is 6.32. The number of halogens is 3.